The fourth-order valence-electron chi connectivity index (χ4n) is 8.50. The van der Waals surface area contributed by atoms with Crippen molar-refractivity contribution in [3.8, 4) is 0 Å². The molecule has 1 atom stereocenters. The molecule has 0 aromatic rings. The number of rotatable bonds is 56. The standard InChI is InChI=1S/C71H116O5/c1-3-5-7-9-11-13-15-17-19-21-23-25-26-27-28-29-30-31-32-33-34-35-36-37-38-39-40-41-42-43-44-46-48-50-52-54-56-58-60-62-64-66-71(74)76-69(67-72)68-75-70(73)65-63-61-59-57-55-53-51-49-47-45-24-22-20-18-16-14-12-10-8-6-4-2/h5-8,11-14,17-20,23-25,27-28,30-31,45,49,51,55,57,69,72H,3-4,9-10,15-16,21-22,26,29,32-44,46-48,50,52-54,56,58-68H2,1-2H3/b7-5-,8-6-,13-11-,14-12-,19-17-,20-18-,25-23-,28-27-,31-30-,45-24-,51-49-,57-55-. The summed E-state index contributed by atoms with van der Waals surface area (Å²) >= 11 is 0. The summed E-state index contributed by atoms with van der Waals surface area (Å²) < 4.78 is 10.7. The summed E-state index contributed by atoms with van der Waals surface area (Å²) in [6.07, 6.45) is 98.6. The van der Waals surface area contributed by atoms with Crippen LogP contribution in [0.1, 0.15) is 271 Å². The number of hydrogen-bond acceptors (Lipinski definition) is 5. The van der Waals surface area contributed by atoms with Gasteiger partial charge in [-0.05, 0) is 116 Å². The van der Waals surface area contributed by atoms with Crippen molar-refractivity contribution in [3.63, 3.8) is 0 Å². The van der Waals surface area contributed by atoms with E-state index in [4.69, 9.17) is 9.47 Å². The topological polar surface area (TPSA) is 72.8 Å². The summed E-state index contributed by atoms with van der Waals surface area (Å²) in [5.74, 6) is -0.641. The predicted molar refractivity (Wildman–Crippen MR) is 334 cm³/mol. The number of hydrogen-bond donors (Lipinski definition) is 1. The molecule has 1 unspecified atom stereocenters. The van der Waals surface area contributed by atoms with Crippen molar-refractivity contribution in [2.24, 2.45) is 0 Å². The van der Waals surface area contributed by atoms with Crippen LogP contribution in [0.3, 0.4) is 0 Å². The molecule has 430 valence electrons. The van der Waals surface area contributed by atoms with Crippen molar-refractivity contribution < 1.29 is 24.2 Å². The molecule has 0 radical (unpaired) electrons. The lowest BCUT2D eigenvalue weighted by molar-refractivity contribution is -0.161. The molecule has 0 fully saturated rings. The molecule has 0 spiro atoms. The maximum atomic E-state index is 12.3. The third-order valence-electron chi connectivity index (χ3n) is 13.1. The molecule has 5 heteroatoms. The molecule has 0 saturated heterocycles. The van der Waals surface area contributed by atoms with Gasteiger partial charge in [0.1, 0.15) is 6.61 Å². The van der Waals surface area contributed by atoms with E-state index in [9.17, 15) is 14.7 Å². The van der Waals surface area contributed by atoms with E-state index in [1.54, 1.807) is 0 Å². The van der Waals surface area contributed by atoms with Gasteiger partial charge in [0.05, 0.1) is 6.61 Å². The fourth-order valence-corrected chi connectivity index (χ4v) is 8.50. The number of ether oxygens (including phenoxy) is 2. The highest BCUT2D eigenvalue weighted by Gasteiger charge is 2.16. The second kappa shape index (κ2) is 65.1. The van der Waals surface area contributed by atoms with Gasteiger partial charge < -0.3 is 14.6 Å². The zero-order chi connectivity index (χ0) is 54.8. The maximum absolute atomic E-state index is 12.3. The van der Waals surface area contributed by atoms with E-state index in [0.29, 0.717) is 12.8 Å². The van der Waals surface area contributed by atoms with E-state index in [-0.39, 0.29) is 25.2 Å². The van der Waals surface area contributed by atoms with Gasteiger partial charge in [-0.25, -0.2) is 0 Å². The number of carbonyl (C=O) groups excluding carboxylic acids is 2. The molecule has 0 aromatic carbocycles. The zero-order valence-corrected chi connectivity index (χ0v) is 49.2. The molecular formula is C71H116O5. The minimum Gasteiger partial charge on any atom is -0.462 e. The Hall–Kier alpha value is -4.22. The summed E-state index contributed by atoms with van der Waals surface area (Å²) in [6.45, 7) is 3.88. The van der Waals surface area contributed by atoms with Gasteiger partial charge in [0, 0.05) is 12.8 Å². The van der Waals surface area contributed by atoms with Crippen LogP contribution in [0.5, 0.6) is 0 Å². The maximum Gasteiger partial charge on any atom is 0.306 e. The molecule has 0 aliphatic rings. The van der Waals surface area contributed by atoms with Crippen LogP contribution in [-0.4, -0.2) is 36.4 Å². The summed E-state index contributed by atoms with van der Waals surface area (Å²) in [7, 11) is 0. The first-order valence-electron chi connectivity index (χ1n) is 31.4. The third kappa shape index (κ3) is 62.3. The molecule has 0 aliphatic carbocycles. The molecule has 0 aromatic heterocycles. The molecule has 0 bridgehead atoms. The van der Waals surface area contributed by atoms with Crippen molar-refractivity contribution in [2.75, 3.05) is 13.2 Å². The number of aliphatic hydroxyl groups is 1. The Morgan fingerprint density at radius 2 is 0.526 bits per heavy atom. The minimum atomic E-state index is -0.799. The number of aliphatic hydroxyl groups excluding tert-OH is 1. The zero-order valence-electron chi connectivity index (χ0n) is 49.2. The largest absolute Gasteiger partial charge is 0.462 e. The molecule has 0 heterocycles. The molecular weight excluding hydrogens is 933 g/mol. The highest BCUT2D eigenvalue weighted by molar-refractivity contribution is 5.70. The van der Waals surface area contributed by atoms with Gasteiger partial charge in [0.2, 0.25) is 0 Å². The quantitative estimate of drug-likeness (QED) is 0.0373. The Bertz CT molecular complexity index is 1610. The smallest absolute Gasteiger partial charge is 0.306 e. The number of allylic oxidation sites excluding steroid dienone is 24. The first-order chi connectivity index (χ1) is 37.6. The normalized spacial score (nSPS) is 13.2. The Morgan fingerprint density at radius 3 is 0.816 bits per heavy atom. The summed E-state index contributed by atoms with van der Waals surface area (Å²) in [5.41, 5.74) is 0. The van der Waals surface area contributed by atoms with Crippen LogP contribution in [-0.2, 0) is 19.1 Å². The van der Waals surface area contributed by atoms with Crippen molar-refractivity contribution in [2.45, 2.75) is 277 Å². The van der Waals surface area contributed by atoms with Crippen LogP contribution in [0.15, 0.2) is 146 Å². The van der Waals surface area contributed by atoms with Gasteiger partial charge >= 0.3 is 11.9 Å². The molecule has 76 heavy (non-hydrogen) atoms. The van der Waals surface area contributed by atoms with E-state index in [1.807, 2.05) is 0 Å². The summed E-state index contributed by atoms with van der Waals surface area (Å²) in [6, 6.07) is 0. The lowest BCUT2D eigenvalue weighted by Crippen LogP contribution is -2.28. The predicted octanol–water partition coefficient (Wildman–Crippen LogP) is 21.8. The Morgan fingerprint density at radius 1 is 0.303 bits per heavy atom. The Labute approximate surface area is 469 Å². The highest BCUT2D eigenvalue weighted by atomic mass is 16.6. The lowest BCUT2D eigenvalue weighted by Gasteiger charge is -2.15. The monoisotopic (exact) mass is 1050 g/mol. The minimum absolute atomic E-state index is 0.0939. The van der Waals surface area contributed by atoms with Crippen LogP contribution in [0.4, 0.5) is 0 Å². The van der Waals surface area contributed by atoms with Crippen LogP contribution >= 0.6 is 0 Å². The van der Waals surface area contributed by atoms with Gasteiger partial charge in [0.25, 0.3) is 0 Å². The number of esters is 2. The van der Waals surface area contributed by atoms with Crippen LogP contribution in [0.25, 0.3) is 0 Å². The number of carbonyl (C=O) groups is 2. The fraction of sp³-hybridized carbons (Fsp3) is 0.634. The molecule has 1 N–H and O–H groups in total. The first-order valence-corrected chi connectivity index (χ1v) is 31.4. The molecule has 0 saturated carbocycles. The van der Waals surface area contributed by atoms with Crippen molar-refractivity contribution in [3.05, 3.63) is 146 Å². The van der Waals surface area contributed by atoms with E-state index in [1.165, 1.54) is 128 Å². The van der Waals surface area contributed by atoms with Gasteiger partial charge in [-0.3, -0.25) is 9.59 Å². The average molecular weight is 1050 g/mol. The second-order valence-corrected chi connectivity index (χ2v) is 20.4. The average Bonchev–Trinajstić information content (AvgIpc) is 3.42. The van der Waals surface area contributed by atoms with E-state index in [0.717, 1.165) is 116 Å². The van der Waals surface area contributed by atoms with Crippen molar-refractivity contribution in [1.82, 2.24) is 0 Å². The van der Waals surface area contributed by atoms with Crippen LogP contribution < -0.4 is 0 Å². The van der Waals surface area contributed by atoms with Gasteiger partial charge in [-0.2, -0.15) is 0 Å². The van der Waals surface area contributed by atoms with Crippen LogP contribution in [0, 0.1) is 0 Å². The number of unbranched alkanes of at least 4 members (excludes halogenated alkanes) is 24. The molecule has 0 amide bonds. The van der Waals surface area contributed by atoms with Gasteiger partial charge in [-0.1, -0.05) is 288 Å². The summed E-state index contributed by atoms with van der Waals surface area (Å²) in [4.78, 5) is 24.5. The van der Waals surface area contributed by atoms with Crippen molar-refractivity contribution >= 4 is 11.9 Å². The van der Waals surface area contributed by atoms with Gasteiger partial charge in [0.15, 0.2) is 6.10 Å². The Kier molecular flexibility index (Phi) is 61.5. The third-order valence-corrected chi connectivity index (χ3v) is 13.1. The summed E-state index contributed by atoms with van der Waals surface area (Å²) in [5, 5.41) is 9.66. The Balaban J connectivity index is 3.50. The first kappa shape index (κ1) is 71.8. The van der Waals surface area contributed by atoms with Crippen LogP contribution in [0.2, 0.25) is 0 Å². The molecule has 5 nitrogen and oxygen atoms in total. The highest BCUT2D eigenvalue weighted by Crippen LogP contribution is 2.16. The SMILES string of the molecule is CC/C=C\C/C=C\C/C=C\C/C=C\C/C=C\C/C=C\CCCCCCCCCCCCCCCCCCCCCCCCC(=O)OC(CO)COC(=O)CCCC/C=C\C/C=C\C/C=C\C/C=C\C/C=C\C/C=C\CC. The van der Waals surface area contributed by atoms with Gasteiger partial charge in [-0.15, -0.1) is 0 Å². The van der Waals surface area contributed by atoms with E-state index < -0.39 is 6.10 Å². The van der Waals surface area contributed by atoms with E-state index in [2.05, 4.69) is 160 Å². The molecule has 0 rings (SSSR count). The second-order valence-electron chi connectivity index (χ2n) is 20.4. The lowest BCUT2D eigenvalue weighted by atomic mass is 10.0. The van der Waals surface area contributed by atoms with E-state index >= 15 is 0 Å². The molecule has 0 aliphatic heterocycles. The van der Waals surface area contributed by atoms with Crippen molar-refractivity contribution in [1.29, 1.82) is 0 Å².